The minimum Gasteiger partial charge on any atom is -0.294 e. The van der Waals surface area contributed by atoms with Crippen molar-refractivity contribution < 1.29 is 18.0 Å². The molecule has 8 heteroatoms. The van der Waals surface area contributed by atoms with Gasteiger partial charge < -0.3 is 0 Å². The molecular formula is C13H8F3N3OS. The summed E-state index contributed by atoms with van der Waals surface area (Å²) in [5, 5.41) is 6.06. The monoisotopic (exact) mass is 311 g/mol. The summed E-state index contributed by atoms with van der Waals surface area (Å²) >= 11 is 1.32. The van der Waals surface area contributed by atoms with Crippen molar-refractivity contribution in [3.63, 3.8) is 0 Å². The van der Waals surface area contributed by atoms with Crippen LogP contribution in [0, 0.1) is 0 Å². The van der Waals surface area contributed by atoms with Crippen LogP contribution in [0.5, 0.6) is 0 Å². The van der Waals surface area contributed by atoms with E-state index in [9.17, 15) is 18.0 Å². The number of fused-ring (bicyclic) bond motifs is 1. The number of rotatable bonds is 2. The Kier molecular flexibility index (Phi) is 3.05. The molecule has 0 spiro atoms. The fourth-order valence-corrected chi connectivity index (χ4v) is 2.86. The number of aromatic nitrogens is 3. The van der Waals surface area contributed by atoms with Gasteiger partial charge in [-0.05, 0) is 24.4 Å². The lowest BCUT2D eigenvalue weighted by Gasteiger charge is -2.12. The van der Waals surface area contributed by atoms with Crippen molar-refractivity contribution in [1.29, 1.82) is 0 Å². The average Bonchev–Trinajstić information content (AvgIpc) is 3.04. The first kappa shape index (κ1) is 13.7. The molecule has 3 aromatic rings. The first-order valence-corrected chi connectivity index (χ1v) is 6.76. The zero-order valence-electron chi connectivity index (χ0n) is 10.7. The molecule has 108 valence electrons. The van der Waals surface area contributed by atoms with Gasteiger partial charge in [0.25, 0.3) is 0 Å². The van der Waals surface area contributed by atoms with Crippen molar-refractivity contribution in [3.8, 4) is 5.69 Å². The highest BCUT2D eigenvalue weighted by molar-refractivity contribution is 7.16. The van der Waals surface area contributed by atoms with Crippen molar-refractivity contribution in [2.75, 3.05) is 0 Å². The molecule has 3 heterocycles. The Hall–Kier alpha value is -2.22. The lowest BCUT2D eigenvalue weighted by Crippen LogP contribution is -2.16. The maximum atomic E-state index is 13.3. The van der Waals surface area contributed by atoms with E-state index in [2.05, 4.69) is 10.1 Å². The molecule has 0 fully saturated rings. The zero-order valence-corrected chi connectivity index (χ0v) is 11.5. The Morgan fingerprint density at radius 3 is 2.76 bits per heavy atom. The van der Waals surface area contributed by atoms with Gasteiger partial charge in [-0.25, -0.2) is 9.67 Å². The van der Waals surface area contributed by atoms with E-state index in [-0.39, 0.29) is 5.69 Å². The second-order valence-corrected chi connectivity index (χ2v) is 5.24. The summed E-state index contributed by atoms with van der Waals surface area (Å²) < 4.78 is 40.6. The molecule has 0 atom stereocenters. The van der Waals surface area contributed by atoms with Gasteiger partial charge in [-0.1, -0.05) is 0 Å². The number of ketones is 1. The molecule has 0 radical (unpaired) electrons. The van der Waals surface area contributed by atoms with E-state index in [0.717, 1.165) is 17.8 Å². The predicted octanol–water partition coefficient (Wildman–Crippen LogP) is 3.70. The van der Waals surface area contributed by atoms with Gasteiger partial charge in [-0.3, -0.25) is 4.79 Å². The number of halogens is 3. The molecule has 0 saturated carbocycles. The van der Waals surface area contributed by atoms with Crippen molar-refractivity contribution >= 4 is 27.3 Å². The largest absolute Gasteiger partial charge is 0.434 e. The van der Waals surface area contributed by atoms with Crippen molar-refractivity contribution in [2.45, 2.75) is 13.1 Å². The number of carbonyl (C=O) groups excluding carboxylic acids is 1. The molecule has 3 rings (SSSR count). The summed E-state index contributed by atoms with van der Waals surface area (Å²) in [5.41, 5.74) is -1.25. The fourth-order valence-electron chi connectivity index (χ4n) is 2.11. The van der Waals surface area contributed by atoms with Gasteiger partial charge in [0.2, 0.25) is 0 Å². The Bertz CT molecular complexity index is 835. The van der Waals surface area contributed by atoms with Crippen LogP contribution >= 0.6 is 11.3 Å². The summed E-state index contributed by atoms with van der Waals surface area (Å²) in [6, 6.07) is 3.12. The van der Waals surface area contributed by atoms with Crippen molar-refractivity contribution in [1.82, 2.24) is 14.8 Å². The van der Waals surface area contributed by atoms with Gasteiger partial charge in [0.15, 0.2) is 11.5 Å². The molecule has 0 aromatic carbocycles. The first-order valence-electron chi connectivity index (χ1n) is 5.88. The van der Waals surface area contributed by atoms with E-state index >= 15 is 0 Å². The second kappa shape index (κ2) is 4.66. The van der Waals surface area contributed by atoms with Gasteiger partial charge in [0, 0.05) is 11.6 Å². The fraction of sp³-hybridized carbons (Fsp3) is 0.154. The van der Waals surface area contributed by atoms with E-state index in [1.54, 1.807) is 11.4 Å². The average molecular weight is 311 g/mol. The molecule has 0 aliphatic heterocycles. The number of hydrogen-bond donors (Lipinski definition) is 0. The van der Waals surface area contributed by atoms with Crippen LogP contribution in [-0.2, 0) is 6.18 Å². The Balaban J connectivity index is 2.33. The number of carbonyl (C=O) groups is 1. The molecule has 21 heavy (non-hydrogen) atoms. The van der Waals surface area contributed by atoms with Crippen LogP contribution in [0.3, 0.4) is 0 Å². The van der Waals surface area contributed by atoms with Crippen LogP contribution in [-0.4, -0.2) is 20.5 Å². The van der Waals surface area contributed by atoms with Gasteiger partial charge in [-0.2, -0.15) is 18.3 Å². The molecule has 0 aliphatic rings. The minimum absolute atomic E-state index is 0.251. The van der Waals surface area contributed by atoms with Crippen LogP contribution < -0.4 is 0 Å². The summed E-state index contributed by atoms with van der Waals surface area (Å²) in [6.07, 6.45) is -2.31. The molecule has 0 bridgehead atoms. The quantitative estimate of drug-likeness (QED) is 0.678. The highest BCUT2D eigenvalue weighted by Crippen LogP contribution is 2.35. The van der Waals surface area contributed by atoms with E-state index < -0.39 is 23.2 Å². The standard InChI is InChI=1S/C13H8F3N3OS/c1-7(20)9-6-18-19(11(9)13(14,15)16)10-2-4-17-12-8(10)3-5-21-12/h2-6H,1H3. The van der Waals surface area contributed by atoms with Crippen LogP contribution in [0.2, 0.25) is 0 Å². The maximum absolute atomic E-state index is 13.3. The summed E-state index contributed by atoms with van der Waals surface area (Å²) in [6.45, 7) is 1.09. The molecule has 0 N–H and O–H groups in total. The number of hydrogen-bond acceptors (Lipinski definition) is 4. The van der Waals surface area contributed by atoms with E-state index in [1.807, 2.05) is 0 Å². The van der Waals surface area contributed by atoms with E-state index in [0.29, 0.717) is 10.2 Å². The van der Waals surface area contributed by atoms with Crippen molar-refractivity contribution in [3.05, 3.63) is 41.2 Å². The van der Waals surface area contributed by atoms with Gasteiger partial charge in [0.1, 0.15) is 4.83 Å². The smallest absolute Gasteiger partial charge is 0.294 e. The minimum atomic E-state index is -4.68. The number of thiophene rings is 1. The van der Waals surface area contributed by atoms with E-state index in [4.69, 9.17) is 0 Å². The second-order valence-electron chi connectivity index (χ2n) is 4.34. The first-order chi connectivity index (χ1) is 9.89. The molecule has 4 nitrogen and oxygen atoms in total. The summed E-state index contributed by atoms with van der Waals surface area (Å²) in [4.78, 5) is 16.1. The molecule has 0 amide bonds. The molecule has 3 aromatic heterocycles. The van der Waals surface area contributed by atoms with Crippen LogP contribution in [0.4, 0.5) is 13.2 Å². The number of Topliss-reactive ketones (excluding diaryl/α,β-unsaturated/α-hetero) is 1. The zero-order chi connectivity index (χ0) is 15.2. The lowest BCUT2D eigenvalue weighted by atomic mass is 10.1. The maximum Gasteiger partial charge on any atom is 0.434 e. The van der Waals surface area contributed by atoms with Crippen LogP contribution in [0.15, 0.2) is 29.9 Å². The SMILES string of the molecule is CC(=O)c1cnn(-c2ccnc3sccc23)c1C(F)(F)F. The Morgan fingerprint density at radius 1 is 1.33 bits per heavy atom. The van der Waals surface area contributed by atoms with Gasteiger partial charge in [-0.15, -0.1) is 11.3 Å². The Labute approximate surface area is 120 Å². The summed E-state index contributed by atoms with van der Waals surface area (Å²) in [7, 11) is 0. The van der Waals surface area contributed by atoms with Crippen molar-refractivity contribution in [2.24, 2.45) is 0 Å². The molecule has 0 saturated heterocycles. The number of nitrogens with zero attached hydrogens (tertiary/aromatic N) is 3. The normalized spacial score (nSPS) is 12.0. The van der Waals surface area contributed by atoms with Crippen LogP contribution in [0.1, 0.15) is 23.0 Å². The molecular weight excluding hydrogens is 303 g/mol. The lowest BCUT2D eigenvalue weighted by molar-refractivity contribution is -0.143. The highest BCUT2D eigenvalue weighted by Gasteiger charge is 2.40. The number of alkyl halides is 3. The number of pyridine rings is 1. The Morgan fingerprint density at radius 2 is 2.10 bits per heavy atom. The molecule has 0 aliphatic carbocycles. The van der Waals surface area contributed by atoms with E-state index in [1.165, 1.54) is 23.6 Å². The third kappa shape index (κ3) is 2.21. The highest BCUT2D eigenvalue weighted by atomic mass is 32.1. The predicted molar refractivity (Wildman–Crippen MR) is 71.7 cm³/mol. The summed E-state index contributed by atoms with van der Waals surface area (Å²) in [5.74, 6) is -0.677. The third-order valence-electron chi connectivity index (χ3n) is 2.99. The van der Waals surface area contributed by atoms with Gasteiger partial charge in [0.05, 0.1) is 17.4 Å². The van der Waals surface area contributed by atoms with Crippen LogP contribution in [0.25, 0.3) is 15.9 Å². The van der Waals surface area contributed by atoms with Gasteiger partial charge >= 0.3 is 6.18 Å². The topological polar surface area (TPSA) is 47.8 Å². The third-order valence-corrected chi connectivity index (χ3v) is 3.81. The molecule has 0 unspecified atom stereocenters.